The van der Waals surface area contributed by atoms with Crippen molar-refractivity contribution in [1.29, 1.82) is 0 Å². The number of carbonyl (C=O) groups excluding carboxylic acids is 1. The first kappa shape index (κ1) is 13.1. The molecule has 0 aromatic rings. The summed E-state index contributed by atoms with van der Waals surface area (Å²) in [7, 11) is 0. The Morgan fingerprint density at radius 1 is 1.44 bits per heavy atom. The minimum absolute atomic E-state index is 0.0681. The van der Waals surface area contributed by atoms with E-state index in [9.17, 15) is 9.59 Å². The van der Waals surface area contributed by atoms with E-state index in [4.69, 9.17) is 9.84 Å². The second-order valence-electron chi connectivity index (χ2n) is 5.17. The molecule has 18 heavy (non-hydrogen) atoms. The third-order valence-electron chi connectivity index (χ3n) is 3.59. The minimum atomic E-state index is -0.842. The van der Waals surface area contributed by atoms with Crippen LogP contribution in [-0.4, -0.2) is 41.4 Å². The number of hydrogen-bond acceptors (Lipinski definition) is 3. The van der Waals surface area contributed by atoms with Gasteiger partial charge < -0.3 is 20.5 Å². The maximum Gasteiger partial charge on any atom is 0.315 e. The molecule has 2 bridgehead atoms. The molecule has 0 saturated carbocycles. The summed E-state index contributed by atoms with van der Waals surface area (Å²) in [6.07, 6.45) is 3.99. The van der Waals surface area contributed by atoms with Gasteiger partial charge >= 0.3 is 12.0 Å². The molecule has 102 valence electrons. The van der Waals surface area contributed by atoms with Crippen molar-refractivity contribution in [1.82, 2.24) is 10.6 Å². The van der Waals surface area contributed by atoms with E-state index in [1.807, 2.05) is 0 Å². The van der Waals surface area contributed by atoms with E-state index < -0.39 is 5.97 Å². The van der Waals surface area contributed by atoms with Crippen molar-refractivity contribution in [2.45, 2.75) is 63.3 Å². The van der Waals surface area contributed by atoms with Crippen LogP contribution < -0.4 is 10.6 Å². The number of amides is 2. The summed E-state index contributed by atoms with van der Waals surface area (Å²) in [4.78, 5) is 22.1. The average molecular weight is 256 g/mol. The molecular formula is C12H20N2O4. The number of nitrogens with one attached hydrogen (secondary N) is 2. The molecule has 0 aromatic carbocycles. The first-order valence-corrected chi connectivity index (χ1v) is 6.49. The van der Waals surface area contributed by atoms with Gasteiger partial charge in [0, 0.05) is 12.5 Å². The van der Waals surface area contributed by atoms with Crippen molar-refractivity contribution in [3.05, 3.63) is 0 Å². The summed E-state index contributed by atoms with van der Waals surface area (Å²) in [5, 5.41) is 14.2. The molecule has 0 spiro atoms. The van der Waals surface area contributed by atoms with E-state index in [0.29, 0.717) is 12.5 Å². The van der Waals surface area contributed by atoms with E-state index in [1.165, 1.54) is 0 Å². The first-order valence-electron chi connectivity index (χ1n) is 6.49. The van der Waals surface area contributed by atoms with Gasteiger partial charge in [-0.05, 0) is 32.6 Å². The van der Waals surface area contributed by atoms with Crippen LogP contribution in [0.15, 0.2) is 0 Å². The molecule has 4 atom stereocenters. The number of fused-ring (bicyclic) bond motifs is 2. The van der Waals surface area contributed by atoms with Crippen molar-refractivity contribution >= 4 is 12.0 Å². The Bertz CT molecular complexity index is 334. The first-order chi connectivity index (χ1) is 8.54. The van der Waals surface area contributed by atoms with Gasteiger partial charge in [-0.15, -0.1) is 0 Å². The van der Waals surface area contributed by atoms with Crippen LogP contribution in [-0.2, 0) is 9.53 Å². The largest absolute Gasteiger partial charge is 0.481 e. The number of carbonyl (C=O) groups is 2. The van der Waals surface area contributed by atoms with Gasteiger partial charge in [0.1, 0.15) is 0 Å². The molecule has 0 aromatic heterocycles. The van der Waals surface area contributed by atoms with Gasteiger partial charge in [0.2, 0.25) is 0 Å². The smallest absolute Gasteiger partial charge is 0.315 e. The van der Waals surface area contributed by atoms with Crippen molar-refractivity contribution in [3.8, 4) is 0 Å². The third-order valence-corrected chi connectivity index (χ3v) is 3.59. The monoisotopic (exact) mass is 256 g/mol. The standard InChI is InChI=1S/C12H20N2O4/c1-7(2-5-11(15)16)13-12(17)14-9-6-8-3-4-10(9)18-8/h7-10H,2-6H2,1H3,(H,15,16)(H2,13,14,17). The van der Waals surface area contributed by atoms with Gasteiger partial charge in [0.25, 0.3) is 0 Å². The highest BCUT2D eigenvalue weighted by Crippen LogP contribution is 2.34. The van der Waals surface area contributed by atoms with E-state index in [0.717, 1.165) is 19.3 Å². The van der Waals surface area contributed by atoms with Crippen molar-refractivity contribution < 1.29 is 19.4 Å². The normalized spacial score (nSPS) is 31.1. The third kappa shape index (κ3) is 3.35. The number of carboxylic acid groups (broad SMARTS) is 1. The van der Waals surface area contributed by atoms with Crippen LogP contribution in [0.5, 0.6) is 0 Å². The molecule has 3 N–H and O–H groups in total. The summed E-state index contributed by atoms with van der Waals surface area (Å²) >= 11 is 0. The number of ether oxygens (including phenoxy) is 1. The average Bonchev–Trinajstić information content (AvgIpc) is 2.87. The zero-order chi connectivity index (χ0) is 13.1. The zero-order valence-corrected chi connectivity index (χ0v) is 10.5. The summed E-state index contributed by atoms with van der Waals surface area (Å²) in [6, 6.07) is -0.259. The van der Waals surface area contributed by atoms with Gasteiger partial charge in [-0.2, -0.15) is 0 Å². The fraction of sp³-hybridized carbons (Fsp3) is 0.833. The summed E-state index contributed by atoms with van der Waals surface area (Å²) in [5.41, 5.74) is 0. The molecule has 2 fully saturated rings. The fourth-order valence-corrected chi connectivity index (χ4v) is 2.64. The minimum Gasteiger partial charge on any atom is -0.481 e. The van der Waals surface area contributed by atoms with E-state index in [-0.39, 0.29) is 30.6 Å². The van der Waals surface area contributed by atoms with Crippen molar-refractivity contribution in [3.63, 3.8) is 0 Å². The van der Waals surface area contributed by atoms with Crippen molar-refractivity contribution in [2.24, 2.45) is 0 Å². The Kier molecular flexibility index (Phi) is 4.06. The quantitative estimate of drug-likeness (QED) is 0.680. The lowest BCUT2D eigenvalue weighted by Gasteiger charge is -2.21. The highest BCUT2D eigenvalue weighted by molar-refractivity contribution is 5.74. The second-order valence-corrected chi connectivity index (χ2v) is 5.17. The molecule has 0 radical (unpaired) electrons. The Morgan fingerprint density at radius 3 is 2.78 bits per heavy atom. The van der Waals surface area contributed by atoms with Crippen LogP contribution in [0.25, 0.3) is 0 Å². The van der Waals surface area contributed by atoms with Gasteiger partial charge in [-0.25, -0.2) is 4.79 Å². The maximum atomic E-state index is 11.7. The molecule has 6 heteroatoms. The second kappa shape index (κ2) is 5.56. The fourth-order valence-electron chi connectivity index (χ4n) is 2.64. The molecule has 2 amide bonds. The molecule has 2 aliphatic heterocycles. The van der Waals surface area contributed by atoms with Crippen LogP contribution in [0.4, 0.5) is 4.79 Å². The molecular weight excluding hydrogens is 236 g/mol. The Morgan fingerprint density at radius 2 is 2.22 bits per heavy atom. The number of aliphatic carboxylic acids is 1. The highest BCUT2D eigenvalue weighted by Gasteiger charge is 2.41. The maximum absolute atomic E-state index is 11.7. The summed E-state index contributed by atoms with van der Waals surface area (Å²) < 4.78 is 5.65. The summed E-state index contributed by atoms with van der Waals surface area (Å²) in [5.74, 6) is -0.842. The van der Waals surface area contributed by atoms with Gasteiger partial charge in [0.05, 0.1) is 18.2 Å². The van der Waals surface area contributed by atoms with Crippen LogP contribution in [0.2, 0.25) is 0 Å². The van der Waals surface area contributed by atoms with Crippen LogP contribution in [0.1, 0.15) is 39.0 Å². The van der Waals surface area contributed by atoms with Crippen LogP contribution in [0, 0.1) is 0 Å². The highest BCUT2D eigenvalue weighted by atomic mass is 16.5. The van der Waals surface area contributed by atoms with Crippen molar-refractivity contribution in [2.75, 3.05) is 0 Å². The Balaban J connectivity index is 1.67. The predicted molar refractivity (Wildman–Crippen MR) is 64.3 cm³/mol. The number of urea groups is 1. The lowest BCUT2D eigenvalue weighted by atomic mass is 9.96. The number of hydrogen-bond donors (Lipinski definition) is 3. The van der Waals surface area contributed by atoms with Gasteiger partial charge in [0.15, 0.2) is 0 Å². The van der Waals surface area contributed by atoms with E-state index in [2.05, 4.69) is 10.6 Å². The Labute approximate surface area is 106 Å². The lowest BCUT2D eigenvalue weighted by Crippen LogP contribution is -2.48. The van der Waals surface area contributed by atoms with Gasteiger partial charge in [-0.1, -0.05) is 0 Å². The number of carboxylic acids is 1. The van der Waals surface area contributed by atoms with E-state index in [1.54, 1.807) is 6.92 Å². The zero-order valence-electron chi connectivity index (χ0n) is 10.5. The Hall–Kier alpha value is -1.30. The molecule has 2 heterocycles. The number of rotatable bonds is 5. The molecule has 0 aliphatic carbocycles. The predicted octanol–water partition coefficient (Wildman–Crippen LogP) is 0.859. The van der Waals surface area contributed by atoms with Gasteiger partial charge in [-0.3, -0.25) is 4.79 Å². The SMILES string of the molecule is CC(CCC(=O)O)NC(=O)NC1CC2CCC1O2. The molecule has 4 unspecified atom stereocenters. The van der Waals surface area contributed by atoms with E-state index >= 15 is 0 Å². The molecule has 2 saturated heterocycles. The molecule has 2 rings (SSSR count). The topological polar surface area (TPSA) is 87.7 Å². The van der Waals surface area contributed by atoms with Crippen LogP contribution >= 0.6 is 0 Å². The summed E-state index contributed by atoms with van der Waals surface area (Å²) in [6.45, 7) is 1.81. The lowest BCUT2D eigenvalue weighted by molar-refractivity contribution is -0.137. The molecule has 6 nitrogen and oxygen atoms in total. The molecule has 2 aliphatic rings. The van der Waals surface area contributed by atoms with Crippen LogP contribution in [0.3, 0.4) is 0 Å².